The smallest absolute Gasteiger partial charge is 0.402 e. The summed E-state index contributed by atoms with van der Waals surface area (Å²) in [4.78, 5) is 60.1. The summed E-state index contributed by atoms with van der Waals surface area (Å²) >= 11 is 0. The van der Waals surface area contributed by atoms with E-state index in [4.69, 9.17) is 4.52 Å². The average molecular weight is 615 g/mol. The Kier molecular flexibility index (Phi) is 10.6. The fourth-order valence-electron chi connectivity index (χ4n) is 4.30. The van der Waals surface area contributed by atoms with Crippen LogP contribution in [0.5, 0.6) is 5.75 Å². The molecular formula is C29H35N4O9P. The Morgan fingerprint density at radius 2 is 1.81 bits per heavy atom. The van der Waals surface area contributed by atoms with Crippen molar-refractivity contribution in [3.63, 3.8) is 0 Å². The molecule has 230 valence electrons. The van der Waals surface area contributed by atoms with Crippen LogP contribution in [0.1, 0.15) is 62.4 Å². The van der Waals surface area contributed by atoms with Crippen LogP contribution in [0.4, 0.5) is 17.1 Å². The summed E-state index contributed by atoms with van der Waals surface area (Å²) < 4.78 is 21.6. The van der Waals surface area contributed by atoms with Crippen molar-refractivity contribution in [2.75, 3.05) is 24.3 Å². The number of phosphoric ester groups is 1. The van der Waals surface area contributed by atoms with Gasteiger partial charge in [-0.05, 0) is 54.7 Å². The molecule has 0 aliphatic carbocycles. The number of benzene rings is 2. The molecule has 0 aromatic heterocycles. The van der Waals surface area contributed by atoms with Gasteiger partial charge in [-0.1, -0.05) is 33.8 Å². The number of hydrogen-bond acceptors (Lipinski definition) is 8. The summed E-state index contributed by atoms with van der Waals surface area (Å²) in [6, 6.07) is 8.19. The molecule has 0 radical (unpaired) electrons. The van der Waals surface area contributed by atoms with Crippen molar-refractivity contribution >= 4 is 42.6 Å². The fraction of sp³-hybridized carbons (Fsp3) is 0.345. The van der Waals surface area contributed by atoms with Crippen molar-refractivity contribution in [1.29, 1.82) is 0 Å². The molecule has 1 unspecified atom stereocenters. The molecule has 1 atom stereocenters. The highest BCUT2D eigenvalue weighted by atomic mass is 31.2. The largest absolute Gasteiger partial charge is 0.527 e. The third-order valence-electron chi connectivity index (χ3n) is 6.54. The first kappa shape index (κ1) is 33.2. The molecule has 14 heteroatoms. The van der Waals surface area contributed by atoms with Crippen LogP contribution < -0.4 is 15.2 Å². The van der Waals surface area contributed by atoms with E-state index in [9.17, 15) is 34.0 Å². The number of allylic oxidation sites excluding steroid dienone is 1. The lowest BCUT2D eigenvalue weighted by Crippen LogP contribution is -2.24. The predicted molar refractivity (Wildman–Crippen MR) is 161 cm³/mol. The van der Waals surface area contributed by atoms with Crippen molar-refractivity contribution in [3.05, 3.63) is 82.1 Å². The summed E-state index contributed by atoms with van der Waals surface area (Å²) in [5, 5.41) is 16.9. The van der Waals surface area contributed by atoms with E-state index >= 15 is 0 Å². The monoisotopic (exact) mass is 614 g/mol. The molecular weight excluding hydrogens is 579 g/mol. The fourth-order valence-corrected chi connectivity index (χ4v) is 4.78. The Labute approximate surface area is 249 Å². The highest BCUT2D eigenvalue weighted by Crippen LogP contribution is 2.45. The van der Waals surface area contributed by atoms with Crippen LogP contribution in [-0.2, 0) is 24.1 Å². The van der Waals surface area contributed by atoms with Gasteiger partial charge in [-0.25, -0.2) is 4.57 Å². The number of nitro benzene ring substituents is 1. The highest BCUT2D eigenvalue weighted by Gasteiger charge is 2.26. The van der Waals surface area contributed by atoms with E-state index in [-0.39, 0.29) is 40.7 Å². The summed E-state index contributed by atoms with van der Waals surface area (Å²) in [7, 11) is -3.53. The van der Waals surface area contributed by atoms with Crippen molar-refractivity contribution in [1.82, 2.24) is 4.90 Å². The van der Waals surface area contributed by atoms with E-state index in [0.717, 1.165) is 7.11 Å². The highest BCUT2D eigenvalue weighted by molar-refractivity contribution is 7.47. The van der Waals surface area contributed by atoms with E-state index in [1.165, 1.54) is 30.3 Å². The standard InChI is InChI=1S/C29H35N4O9P/c1-19-10-15-27(35)32(19)16-8-6-7-9-26(34)31-23-17-20(11-14-25(23)42-43(39,40)41-5)28(36)30-21-12-13-22(29(2,3)4)24(18-21)33(37)38/h10-15,17-18H,1,6-9,16H2,2-5H3,(H,30,36)(H,31,34)(H,39,40). The summed E-state index contributed by atoms with van der Waals surface area (Å²) in [5.41, 5.74) is 0.653. The van der Waals surface area contributed by atoms with Crippen molar-refractivity contribution in [2.45, 2.75) is 51.9 Å². The molecule has 0 spiro atoms. The van der Waals surface area contributed by atoms with Crippen LogP contribution in [0.3, 0.4) is 0 Å². The number of rotatable bonds is 13. The molecule has 0 fully saturated rings. The Hall–Kier alpha value is -4.32. The number of nitro groups is 1. The first-order valence-electron chi connectivity index (χ1n) is 13.4. The molecule has 2 aromatic rings. The zero-order valence-corrected chi connectivity index (χ0v) is 25.3. The van der Waals surface area contributed by atoms with Crippen LogP contribution in [-0.4, -0.2) is 46.1 Å². The Bertz CT molecular complexity index is 1500. The number of nitrogens with zero attached hydrogens (tertiary/aromatic N) is 2. The van der Waals surface area contributed by atoms with Gasteiger partial charge >= 0.3 is 7.82 Å². The molecule has 3 N–H and O–H groups in total. The molecule has 13 nitrogen and oxygen atoms in total. The summed E-state index contributed by atoms with van der Waals surface area (Å²) in [6.45, 7) is 9.81. The number of phosphoric acid groups is 1. The zero-order valence-electron chi connectivity index (χ0n) is 24.4. The van der Waals surface area contributed by atoms with Gasteiger partial charge in [0.25, 0.3) is 17.5 Å². The maximum atomic E-state index is 13.1. The molecule has 43 heavy (non-hydrogen) atoms. The maximum absolute atomic E-state index is 13.1. The minimum atomic E-state index is -4.50. The number of carbonyl (C=O) groups is 3. The van der Waals surface area contributed by atoms with Crippen molar-refractivity contribution in [3.8, 4) is 5.75 Å². The zero-order chi connectivity index (χ0) is 31.9. The molecule has 3 amide bonds. The van der Waals surface area contributed by atoms with Crippen LogP contribution in [0.2, 0.25) is 0 Å². The predicted octanol–water partition coefficient (Wildman–Crippen LogP) is 5.68. The lowest BCUT2D eigenvalue weighted by atomic mass is 9.85. The van der Waals surface area contributed by atoms with E-state index in [0.29, 0.717) is 37.1 Å². The number of hydrogen-bond donors (Lipinski definition) is 3. The Balaban J connectivity index is 1.72. The first-order valence-corrected chi connectivity index (χ1v) is 14.9. The molecule has 1 aliphatic rings. The van der Waals surface area contributed by atoms with Gasteiger partial charge in [-0.2, -0.15) is 0 Å². The third-order valence-corrected chi connectivity index (χ3v) is 7.43. The number of nitrogens with one attached hydrogen (secondary N) is 2. The number of amides is 3. The minimum Gasteiger partial charge on any atom is -0.402 e. The van der Waals surface area contributed by atoms with Gasteiger partial charge in [0.05, 0.1) is 10.6 Å². The van der Waals surface area contributed by atoms with E-state index in [2.05, 4.69) is 21.7 Å². The van der Waals surface area contributed by atoms with Crippen molar-refractivity contribution < 1.29 is 37.8 Å². The molecule has 1 aliphatic heterocycles. The van der Waals surface area contributed by atoms with Gasteiger partial charge in [0.1, 0.15) is 0 Å². The molecule has 0 saturated carbocycles. The van der Waals surface area contributed by atoms with Gasteiger partial charge in [-0.3, -0.25) is 33.9 Å². The second-order valence-electron chi connectivity index (χ2n) is 10.8. The van der Waals surface area contributed by atoms with Gasteiger partial charge in [0.2, 0.25) is 5.91 Å². The molecule has 2 aromatic carbocycles. The quantitative estimate of drug-likeness (QED) is 0.111. The second kappa shape index (κ2) is 13.8. The summed E-state index contributed by atoms with van der Waals surface area (Å²) in [6.07, 6.45) is 4.97. The van der Waals surface area contributed by atoms with Crippen LogP contribution >= 0.6 is 7.82 Å². The second-order valence-corrected chi connectivity index (χ2v) is 12.3. The topological polar surface area (TPSA) is 177 Å². The molecule has 1 heterocycles. The first-order chi connectivity index (χ1) is 20.1. The summed E-state index contributed by atoms with van der Waals surface area (Å²) in [5.74, 6) is -1.42. The number of carbonyl (C=O) groups excluding carboxylic acids is 3. The van der Waals surface area contributed by atoms with Gasteiger partial charge in [0.15, 0.2) is 5.75 Å². The van der Waals surface area contributed by atoms with Crippen molar-refractivity contribution in [2.24, 2.45) is 0 Å². The number of anilines is 2. The van der Waals surface area contributed by atoms with E-state index in [1.54, 1.807) is 23.1 Å². The van der Waals surface area contributed by atoms with Gasteiger partial charge < -0.3 is 20.1 Å². The van der Waals surface area contributed by atoms with E-state index < -0.39 is 30.0 Å². The van der Waals surface area contributed by atoms with Gasteiger partial charge in [-0.15, -0.1) is 0 Å². The molecule has 0 saturated heterocycles. The van der Waals surface area contributed by atoms with Gasteiger partial charge in [0, 0.05) is 54.7 Å². The Morgan fingerprint density at radius 3 is 2.42 bits per heavy atom. The average Bonchev–Trinajstić information content (AvgIpc) is 3.25. The van der Waals surface area contributed by atoms with Crippen LogP contribution in [0.25, 0.3) is 0 Å². The van der Waals surface area contributed by atoms with Crippen LogP contribution in [0, 0.1) is 10.1 Å². The number of unbranched alkanes of at least 4 members (excludes halogenated alkanes) is 2. The normalized spacial score (nSPS) is 14.4. The van der Waals surface area contributed by atoms with E-state index in [1.807, 2.05) is 20.8 Å². The minimum absolute atomic E-state index is 0.0412. The lowest BCUT2D eigenvalue weighted by molar-refractivity contribution is -0.385. The lowest BCUT2D eigenvalue weighted by Gasteiger charge is -2.19. The maximum Gasteiger partial charge on any atom is 0.527 e. The SMILES string of the molecule is C=C1C=CC(=O)N1CCCCCC(=O)Nc1cc(C(=O)Nc2ccc(C(C)(C)C)c([N+](=O)[O-])c2)ccc1OP(=O)(O)OC. The molecule has 0 bridgehead atoms. The Morgan fingerprint density at radius 1 is 1.09 bits per heavy atom. The van der Waals surface area contributed by atoms with Crippen LogP contribution in [0.15, 0.2) is 60.8 Å². The third kappa shape index (κ3) is 9.08. The molecule has 3 rings (SSSR count).